The van der Waals surface area contributed by atoms with E-state index in [1.165, 1.54) is 5.56 Å². The third kappa shape index (κ3) is 2.15. The van der Waals surface area contributed by atoms with Crippen molar-refractivity contribution in [3.63, 3.8) is 0 Å². The topological polar surface area (TPSA) is 12.0 Å². The van der Waals surface area contributed by atoms with Gasteiger partial charge in [-0.05, 0) is 25.5 Å². The molecule has 66 valence electrons. The van der Waals surface area contributed by atoms with E-state index in [1.807, 2.05) is 19.1 Å². The summed E-state index contributed by atoms with van der Waals surface area (Å²) in [5.41, 5.74) is 2.31. The average Bonchev–Trinajstić information content (AvgIpc) is 2.05. The quantitative estimate of drug-likeness (QED) is 0.709. The van der Waals surface area contributed by atoms with Crippen molar-refractivity contribution in [3.8, 4) is 0 Å². The summed E-state index contributed by atoms with van der Waals surface area (Å²) in [5.74, 6) is 0. The zero-order chi connectivity index (χ0) is 8.97. The van der Waals surface area contributed by atoms with Gasteiger partial charge in [-0.2, -0.15) is 0 Å². The number of para-hydroxylation sites is 1. The van der Waals surface area contributed by atoms with E-state index in [2.05, 4.69) is 24.4 Å². The first-order chi connectivity index (χ1) is 5.75. The SMILES string of the molecule is CCNc1ccccc1C(C)Cl. The lowest BCUT2D eigenvalue weighted by molar-refractivity contribution is 1.07. The molecule has 0 aliphatic heterocycles. The van der Waals surface area contributed by atoms with Gasteiger partial charge in [0.15, 0.2) is 0 Å². The van der Waals surface area contributed by atoms with E-state index in [4.69, 9.17) is 11.6 Å². The molecule has 1 nitrogen and oxygen atoms in total. The molecule has 0 bridgehead atoms. The lowest BCUT2D eigenvalue weighted by atomic mass is 10.1. The van der Waals surface area contributed by atoms with Crippen molar-refractivity contribution >= 4 is 17.3 Å². The number of alkyl halides is 1. The highest BCUT2D eigenvalue weighted by atomic mass is 35.5. The van der Waals surface area contributed by atoms with Crippen molar-refractivity contribution in [2.45, 2.75) is 19.2 Å². The molecule has 12 heavy (non-hydrogen) atoms. The first-order valence-corrected chi connectivity index (χ1v) is 4.66. The predicted molar refractivity (Wildman–Crippen MR) is 54.9 cm³/mol. The Kier molecular flexibility index (Phi) is 3.42. The number of anilines is 1. The van der Waals surface area contributed by atoms with Crippen molar-refractivity contribution in [1.82, 2.24) is 0 Å². The maximum Gasteiger partial charge on any atom is 0.0577 e. The highest BCUT2D eigenvalue weighted by molar-refractivity contribution is 6.21. The van der Waals surface area contributed by atoms with Crippen molar-refractivity contribution < 1.29 is 0 Å². The van der Waals surface area contributed by atoms with Gasteiger partial charge in [-0.25, -0.2) is 0 Å². The van der Waals surface area contributed by atoms with Crippen LogP contribution in [-0.2, 0) is 0 Å². The molecule has 0 aliphatic rings. The Bertz CT molecular complexity index is 245. The summed E-state index contributed by atoms with van der Waals surface area (Å²) in [6.07, 6.45) is 0. The van der Waals surface area contributed by atoms with Crippen LogP contribution < -0.4 is 5.32 Å². The fraction of sp³-hybridized carbons (Fsp3) is 0.400. The zero-order valence-electron chi connectivity index (χ0n) is 7.47. The molecule has 1 rings (SSSR count). The minimum atomic E-state index is 0.0697. The molecule has 0 amide bonds. The Morgan fingerprint density at radius 3 is 2.67 bits per heavy atom. The molecular formula is C10H14ClN. The molecule has 1 atom stereocenters. The van der Waals surface area contributed by atoms with Crippen LogP contribution in [0, 0.1) is 0 Å². The fourth-order valence-corrected chi connectivity index (χ4v) is 1.39. The van der Waals surface area contributed by atoms with Gasteiger partial charge in [0.2, 0.25) is 0 Å². The Hall–Kier alpha value is -0.690. The van der Waals surface area contributed by atoms with E-state index in [0.717, 1.165) is 12.2 Å². The minimum absolute atomic E-state index is 0.0697. The molecule has 0 aromatic heterocycles. The molecule has 0 fully saturated rings. The van der Waals surface area contributed by atoms with Crippen LogP contribution >= 0.6 is 11.6 Å². The summed E-state index contributed by atoms with van der Waals surface area (Å²) in [6.45, 7) is 4.99. The third-order valence-corrected chi connectivity index (χ3v) is 1.99. The number of hydrogen-bond donors (Lipinski definition) is 1. The van der Waals surface area contributed by atoms with Gasteiger partial charge in [-0.1, -0.05) is 18.2 Å². The lowest BCUT2D eigenvalue weighted by Crippen LogP contribution is -2.00. The van der Waals surface area contributed by atoms with Crippen LogP contribution in [0.15, 0.2) is 24.3 Å². The second-order valence-corrected chi connectivity index (χ2v) is 3.39. The van der Waals surface area contributed by atoms with Crippen molar-refractivity contribution in [3.05, 3.63) is 29.8 Å². The summed E-state index contributed by atoms with van der Waals surface area (Å²) in [6, 6.07) is 8.13. The molecular weight excluding hydrogens is 170 g/mol. The van der Waals surface area contributed by atoms with Crippen molar-refractivity contribution in [2.75, 3.05) is 11.9 Å². The van der Waals surface area contributed by atoms with Gasteiger partial charge >= 0.3 is 0 Å². The second kappa shape index (κ2) is 4.36. The van der Waals surface area contributed by atoms with E-state index in [0.29, 0.717) is 0 Å². The zero-order valence-corrected chi connectivity index (χ0v) is 8.23. The molecule has 2 heteroatoms. The second-order valence-electron chi connectivity index (χ2n) is 2.73. The van der Waals surface area contributed by atoms with Gasteiger partial charge in [-0.3, -0.25) is 0 Å². The Labute approximate surface area is 78.7 Å². The first kappa shape index (κ1) is 9.40. The number of halogens is 1. The minimum Gasteiger partial charge on any atom is -0.385 e. The van der Waals surface area contributed by atoms with Crippen LogP contribution in [-0.4, -0.2) is 6.54 Å². The van der Waals surface area contributed by atoms with E-state index < -0.39 is 0 Å². The predicted octanol–water partition coefficient (Wildman–Crippen LogP) is 3.42. The fourth-order valence-electron chi connectivity index (χ4n) is 1.20. The molecule has 1 unspecified atom stereocenters. The Balaban J connectivity index is 2.92. The summed E-state index contributed by atoms with van der Waals surface area (Å²) in [4.78, 5) is 0. The summed E-state index contributed by atoms with van der Waals surface area (Å²) < 4.78 is 0. The first-order valence-electron chi connectivity index (χ1n) is 4.22. The number of nitrogens with one attached hydrogen (secondary N) is 1. The van der Waals surface area contributed by atoms with Crippen LogP contribution in [0.25, 0.3) is 0 Å². The highest BCUT2D eigenvalue weighted by Crippen LogP contribution is 2.26. The van der Waals surface area contributed by atoms with Crippen LogP contribution in [0.4, 0.5) is 5.69 Å². The summed E-state index contributed by atoms with van der Waals surface area (Å²) >= 11 is 6.00. The van der Waals surface area contributed by atoms with Gasteiger partial charge in [-0.15, -0.1) is 11.6 Å². The smallest absolute Gasteiger partial charge is 0.0577 e. The van der Waals surface area contributed by atoms with E-state index in [9.17, 15) is 0 Å². The lowest BCUT2D eigenvalue weighted by Gasteiger charge is -2.11. The molecule has 0 heterocycles. The van der Waals surface area contributed by atoms with Gasteiger partial charge in [0.05, 0.1) is 5.38 Å². The average molecular weight is 184 g/mol. The van der Waals surface area contributed by atoms with Crippen LogP contribution in [0.1, 0.15) is 24.8 Å². The number of hydrogen-bond acceptors (Lipinski definition) is 1. The van der Waals surface area contributed by atoms with Crippen molar-refractivity contribution in [2.24, 2.45) is 0 Å². The van der Waals surface area contributed by atoms with Gasteiger partial charge in [0.25, 0.3) is 0 Å². The van der Waals surface area contributed by atoms with Gasteiger partial charge < -0.3 is 5.32 Å². The standard InChI is InChI=1S/C10H14ClN/c1-3-12-10-7-5-4-6-9(10)8(2)11/h4-8,12H,3H2,1-2H3. The molecule has 0 radical (unpaired) electrons. The van der Waals surface area contributed by atoms with Gasteiger partial charge in [0, 0.05) is 12.2 Å². The van der Waals surface area contributed by atoms with Gasteiger partial charge in [0.1, 0.15) is 0 Å². The normalized spacial score (nSPS) is 12.6. The molecule has 0 saturated carbocycles. The maximum atomic E-state index is 6.00. The maximum absolute atomic E-state index is 6.00. The third-order valence-electron chi connectivity index (χ3n) is 1.76. The molecule has 1 aromatic rings. The summed E-state index contributed by atoms with van der Waals surface area (Å²) in [7, 11) is 0. The monoisotopic (exact) mass is 183 g/mol. The van der Waals surface area contributed by atoms with Crippen LogP contribution in [0.3, 0.4) is 0 Å². The Morgan fingerprint density at radius 1 is 1.42 bits per heavy atom. The van der Waals surface area contributed by atoms with Crippen LogP contribution in [0.2, 0.25) is 0 Å². The number of benzene rings is 1. The van der Waals surface area contributed by atoms with Crippen molar-refractivity contribution in [1.29, 1.82) is 0 Å². The number of rotatable bonds is 3. The molecule has 0 spiro atoms. The van der Waals surface area contributed by atoms with E-state index in [-0.39, 0.29) is 5.38 Å². The summed E-state index contributed by atoms with van der Waals surface area (Å²) in [5, 5.41) is 3.34. The van der Waals surface area contributed by atoms with E-state index in [1.54, 1.807) is 0 Å². The van der Waals surface area contributed by atoms with Crippen LogP contribution in [0.5, 0.6) is 0 Å². The molecule has 1 N–H and O–H groups in total. The van der Waals surface area contributed by atoms with E-state index >= 15 is 0 Å². The molecule has 0 saturated heterocycles. The molecule has 1 aromatic carbocycles. The largest absolute Gasteiger partial charge is 0.385 e. The Morgan fingerprint density at radius 2 is 2.08 bits per heavy atom. The highest BCUT2D eigenvalue weighted by Gasteiger charge is 2.05. The molecule has 0 aliphatic carbocycles.